The third-order valence-electron chi connectivity index (χ3n) is 3.04. The number of benzene rings is 1. The van der Waals surface area contributed by atoms with E-state index in [1.54, 1.807) is 0 Å². The minimum Gasteiger partial charge on any atom is -0.312 e. The lowest BCUT2D eigenvalue weighted by Gasteiger charge is -2.00. The molecule has 0 saturated carbocycles. The van der Waals surface area contributed by atoms with E-state index in [0.717, 1.165) is 25.3 Å². The second kappa shape index (κ2) is 7.81. The van der Waals surface area contributed by atoms with Crippen molar-refractivity contribution in [2.75, 3.05) is 6.54 Å². The van der Waals surface area contributed by atoms with E-state index in [4.69, 9.17) is 4.98 Å². The molecule has 0 aliphatic rings. The number of aryl methyl sites for hydroxylation is 2. The summed E-state index contributed by atoms with van der Waals surface area (Å²) in [6.07, 6.45) is 1.02. The van der Waals surface area contributed by atoms with Crippen molar-refractivity contribution in [2.24, 2.45) is 0 Å². The van der Waals surface area contributed by atoms with Crippen LogP contribution in [0.3, 0.4) is 0 Å². The molecule has 108 valence electrons. The maximum atomic E-state index is 4.78. The van der Waals surface area contributed by atoms with Gasteiger partial charge in [0.05, 0.1) is 11.4 Å². The van der Waals surface area contributed by atoms with Crippen molar-refractivity contribution in [3.63, 3.8) is 0 Å². The summed E-state index contributed by atoms with van der Waals surface area (Å²) in [7, 11) is 0. The first-order valence-electron chi connectivity index (χ1n) is 7.10. The fourth-order valence-corrected chi connectivity index (χ4v) is 4.14. The molecule has 2 rings (SSSR count). The summed E-state index contributed by atoms with van der Waals surface area (Å²) < 4.78 is 0. The van der Waals surface area contributed by atoms with E-state index >= 15 is 0 Å². The van der Waals surface area contributed by atoms with Crippen LogP contribution in [0.2, 0.25) is 0 Å². The second-order valence-electron chi connectivity index (χ2n) is 4.72. The number of nitrogens with zero attached hydrogens (tertiary/aromatic N) is 1. The number of nitrogens with one attached hydrogen (secondary N) is 1. The molecule has 0 radical (unpaired) electrons. The first kappa shape index (κ1) is 15.5. The average molecular weight is 307 g/mol. The van der Waals surface area contributed by atoms with E-state index in [9.17, 15) is 0 Å². The highest BCUT2D eigenvalue weighted by atomic mass is 32.2. The number of aromatic nitrogens is 1. The van der Waals surface area contributed by atoms with Gasteiger partial charge in [0.25, 0.3) is 0 Å². The zero-order valence-electron chi connectivity index (χ0n) is 12.4. The van der Waals surface area contributed by atoms with E-state index in [2.05, 4.69) is 50.4 Å². The van der Waals surface area contributed by atoms with Crippen molar-refractivity contribution in [1.29, 1.82) is 0 Å². The van der Waals surface area contributed by atoms with Crippen LogP contribution in [0.25, 0.3) is 0 Å². The molecule has 0 atom stereocenters. The molecule has 0 aliphatic heterocycles. The van der Waals surface area contributed by atoms with Gasteiger partial charge in [0.1, 0.15) is 5.01 Å². The number of rotatable bonds is 7. The predicted molar refractivity (Wildman–Crippen MR) is 89.6 cm³/mol. The summed E-state index contributed by atoms with van der Waals surface area (Å²) in [5.74, 6) is 0.966. The molecule has 1 heterocycles. The van der Waals surface area contributed by atoms with Crippen LogP contribution < -0.4 is 5.32 Å². The van der Waals surface area contributed by atoms with E-state index < -0.39 is 0 Å². The smallest absolute Gasteiger partial charge is 0.103 e. The third-order valence-corrected chi connectivity index (χ3v) is 5.33. The van der Waals surface area contributed by atoms with Gasteiger partial charge >= 0.3 is 0 Å². The maximum Gasteiger partial charge on any atom is 0.103 e. The van der Waals surface area contributed by atoms with Crippen LogP contribution in [-0.2, 0) is 18.7 Å². The molecule has 1 aromatic heterocycles. The zero-order valence-corrected chi connectivity index (χ0v) is 14.0. The monoisotopic (exact) mass is 306 g/mol. The van der Waals surface area contributed by atoms with E-state index in [1.807, 2.05) is 23.1 Å². The lowest BCUT2D eigenvalue weighted by atomic mass is 10.2. The Bertz CT molecular complexity index is 549. The Labute approximate surface area is 130 Å². The van der Waals surface area contributed by atoms with Crippen LogP contribution in [0, 0.1) is 6.92 Å². The number of hydrogen-bond donors (Lipinski definition) is 1. The molecule has 0 unspecified atom stereocenters. The summed E-state index contributed by atoms with van der Waals surface area (Å²) in [5.41, 5.74) is 2.58. The zero-order chi connectivity index (χ0) is 14.4. The molecule has 2 aromatic rings. The molecular formula is C16H22N2S2. The fourth-order valence-electron chi connectivity index (χ4n) is 2.00. The van der Waals surface area contributed by atoms with Crippen LogP contribution in [0.15, 0.2) is 29.2 Å². The van der Waals surface area contributed by atoms with E-state index in [-0.39, 0.29) is 0 Å². The van der Waals surface area contributed by atoms with Crippen LogP contribution in [-0.4, -0.2) is 11.5 Å². The van der Waals surface area contributed by atoms with Gasteiger partial charge in [0.2, 0.25) is 0 Å². The maximum absolute atomic E-state index is 4.78. The number of hydrogen-bond acceptors (Lipinski definition) is 4. The molecule has 0 saturated heterocycles. The van der Waals surface area contributed by atoms with Crippen molar-refractivity contribution in [2.45, 2.75) is 44.4 Å². The lowest BCUT2D eigenvalue weighted by molar-refractivity contribution is 0.727. The molecule has 0 bridgehead atoms. The Kier molecular flexibility index (Phi) is 6.07. The van der Waals surface area contributed by atoms with Gasteiger partial charge in [-0.2, -0.15) is 0 Å². The van der Waals surface area contributed by atoms with Crippen molar-refractivity contribution >= 4 is 23.1 Å². The minimum absolute atomic E-state index is 0.951. The Morgan fingerprint density at radius 3 is 2.85 bits per heavy atom. The van der Waals surface area contributed by atoms with Gasteiger partial charge in [0.15, 0.2) is 0 Å². The van der Waals surface area contributed by atoms with Crippen molar-refractivity contribution in [3.8, 4) is 0 Å². The van der Waals surface area contributed by atoms with Gasteiger partial charge in [-0.25, -0.2) is 4.98 Å². The van der Waals surface area contributed by atoms with Gasteiger partial charge in [0, 0.05) is 16.3 Å². The molecule has 0 aliphatic carbocycles. The van der Waals surface area contributed by atoms with Crippen LogP contribution >= 0.6 is 23.1 Å². The summed E-state index contributed by atoms with van der Waals surface area (Å²) in [5, 5.41) is 4.63. The van der Waals surface area contributed by atoms with Gasteiger partial charge in [-0.05, 0) is 32.0 Å². The second-order valence-corrected chi connectivity index (χ2v) is 6.93. The normalized spacial score (nSPS) is 10.9. The SMILES string of the molecule is CCNCc1sc(CSc2cccc(C)c2)nc1CC. The Morgan fingerprint density at radius 1 is 1.30 bits per heavy atom. The Morgan fingerprint density at radius 2 is 2.15 bits per heavy atom. The van der Waals surface area contributed by atoms with Crippen LogP contribution in [0.4, 0.5) is 0 Å². The first-order valence-corrected chi connectivity index (χ1v) is 8.90. The standard InChI is InChI=1S/C16H22N2S2/c1-4-14-15(10-17-5-2)20-16(18-14)11-19-13-8-6-7-12(3)9-13/h6-9,17H,4-5,10-11H2,1-3H3. The highest BCUT2D eigenvalue weighted by molar-refractivity contribution is 7.98. The van der Waals surface area contributed by atoms with Crippen LogP contribution in [0.1, 0.15) is 35.0 Å². The van der Waals surface area contributed by atoms with E-state index in [1.165, 1.54) is 26.0 Å². The predicted octanol–water partition coefficient (Wildman–Crippen LogP) is 4.42. The molecule has 1 aromatic carbocycles. The molecule has 4 heteroatoms. The third kappa shape index (κ3) is 4.33. The summed E-state index contributed by atoms with van der Waals surface area (Å²) >= 11 is 3.72. The van der Waals surface area contributed by atoms with Crippen molar-refractivity contribution in [3.05, 3.63) is 45.4 Å². The summed E-state index contributed by atoms with van der Waals surface area (Å²) in [4.78, 5) is 7.50. The quantitative estimate of drug-likeness (QED) is 0.767. The molecule has 20 heavy (non-hydrogen) atoms. The van der Waals surface area contributed by atoms with Gasteiger partial charge in [-0.1, -0.05) is 31.5 Å². The largest absolute Gasteiger partial charge is 0.312 e. The Hall–Kier alpha value is -0.840. The molecule has 0 fully saturated rings. The number of thioether (sulfide) groups is 1. The topological polar surface area (TPSA) is 24.9 Å². The lowest BCUT2D eigenvalue weighted by Crippen LogP contribution is -2.11. The highest BCUT2D eigenvalue weighted by Gasteiger charge is 2.09. The molecule has 0 spiro atoms. The molecule has 2 nitrogen and oxygen atoms in total. The Balaban J connectivity index is 2.00. The van der Waals surface area contributed by atoms with E-state index in [0.29, 0.717) is 0 Å². The fraction of sp³-hybridized carbons (Fsp3) is 0.438. The summed E-state index contributed by atoms with van der Waals surface area (Å²) in [6.45, 7) is 8.42. The molecule has 0 amide bonds. The molecule has 1 N–H and O–H groups in total. The first-order chi connectivity index (χ1) is 9.72. The van der Waals surface area contributed by atoms with Crippen molar-refractivity contribution in [1.82, 2.24) is 10.3 Å². The van der Waals surface area contributed by atoms with Gasteiger partial charge in [-0.3, -0.25) is 0 Å². The van der Waals surface area contributed by atoms with Gasteiger partial charge in [-0.15, -0.1) is 23.1 Å². The summed E-state index contributed by atoms with van der Waals surface area (Å²) in [6, 6.07) is 8.66. The van der Waals surface area contributed by atoms with Gasteiger partial charge < -0.3 is 5.32 Å². The molecular weight excluding hydrogens is 284 g/mol. The number of thiazole rings is 1. The minimum atomic E-state index is 0.951. The highest BCUT2D eigenvalue weighted by Crippen LogP contribution is 2.27. The average Bonchev–Trinajstić information content (AvgIpc) is 2.85. The van der Waals surface area contributed by atoms with Crippen LogP contribution in [0.5, 0.6) is 0 Å². The van der Waals surface area contributed by atoms with Crippen molar-refractivity contribution < 1.29 is 0 Å².